The number of halogens is 2. The van der Waals surface area contributed by atoms with Gasteiger partial charge in [0.1, 0.15) is 0 Å². The molecule has 1 nitrogen and oxygen atoms in total. The van der Waals surface area contributed by atoms with Gasteiger partial charge in [-0.2, -0.15) is 0 Å². The van der Waals surface area contributed by atoms with Crippen molar-refractivity contribution in [2.24, 2.45) is 0 Å². The van der Waals surface area contributed by atoms with Gasteiger partial charge in [-0.1, -0.05) is 37.9 Å². The normalized spacial score (nSPS) is 10.6. The summed E-state index contributed by atoms with van der Waals surface area (Å²) >= 11 is 6.97. The molecule has 3 heteroatoms. The van der Waals surface area contributed by atoms with Gasteiger partial charge < -0.3 is 4.42 Å². The van der Waals surface area contributed by atoms with Gasteiger partial charge in [0.15, 0.2) is 0 Å². The molecule has 77 valence electrons. The van der Waals surface area contributed by atoms with Gasteiger partial charge >= 0.3 is 0 Å². The van der Waals surface area contributed by atoms with E-state index in [4.69, 9.17) is 4.42 Å². The average Bonchev–Trinajstić information content (AvgIpc) is 2.65. The van der Waals surface area contributed by atoms with E-state index in [1.165, 1.54) is 0 Å². The summed E-state index contributed by atoms with van der Waals surface area (Å²) in [5.41, 5.74) is 3.35. The van der Waals surface area contributed by atoms with Crippen molar-refractivity contribution in [1.29, 1.82) is 0 Å². The van der Waals surface area contributed by atoms with Gasteiger partial charge in [-0.25, -0.2) is 0 Å². The van der Waals surface area contributed by atoms with Crippen LogP contribution < -0.4 is 0 Å². The Balaban J connectivity index is 2.54. The molecular formula is C12H9Br2O. The lowest BCUT2D eigenvalue weighted by atomic mass is 10.0. The van der Waals surface area contributed by atoms with Crippen LogP contribution in [0.2, 0.25) is 0 Å². The Labute approximate surface area is 106 Å². The Hall–Kier alpha value is -0.540. The molecule has 0 amide bonds. The quantitative estimate of drug-likeness (QED) is 0.768. The number of hydrogen-bond acceptors (Lipinski definition) is 1. The summed E-state index contributed by atoms with van der Waals surface area (Å²) in [5, 5.41) is 0. The van der Waals surface area contributed by atoms with Crippen molar-refractivity contribution in [3.05, 3.63) is 52.2 Å². The molecule has 0 spiro atoms. The summed E-state index contributed by atoms with van der Waals surface area (Å²) in [4.78, 5) is 0. The highest BCUT2D eigenvalue weighted by molar-refractivity contribution is 9.11. The second-order valence-electron chi connectivity index (χ2n) is 3.18. The minimum absolute atomic E-state index is 0.730. The summed E-state index contributed by atoms with van der Waals surface area (Å²) in [6, 6.07) is 6.09. The van der Waals surface area contributed by atoms with Crippen LogP contribution in [0.5, 0.6) is 0 Å². The van der Waals surface area contributed by atoms with E-state index >= 15 is 0 Å². The van der Waals surface area contributed by atoms with Crippen LogP contribution in [0.3, 0.4) is 0 Å². The molecule has 0 N–H and O–H groups in total. The van der Waals surface area contributed by atoms with Crippen LogP contribution in [0.4, 0.5) is 0 Å². The van der Waals surface area contributed by atoms with E-state index in [1.54, 1.807) is 12.5 Å². The minimum Gasteiger partial charge on any atom is -0.472 e. The number of rotatable bonds is 2. The number of hydrogen-bond donors (Lipinski definition) is 0. The summed E-state index contributed by atoms with van der Waals surface area (Å²) in [7, 11) is 0. The zero-order valence-corrected chi connectivity index (χ0v) is 11.1. The Morgan fingerprint density at radius 2 is 1.93 bits per heavy atom. The molecule has 0 saturated heterocycles. The smallest absolute Gasteiger partial charge is 0.0984 e. The fourth-order valence-electron chi connectivity index (χ4n) is 1.46. The molecule has 0 fully saturated rings. The Bertz CT molecular complexity index is 474. The first-order valence-electron chi connectivity index (χ1n) is 4.52. The van der Waals surface area contributed by atoms with Gasteiger partial charge in [-0.05, 0) is 36.6 Å². The first kappa shape index (κ1) is 11.0. The van der Waals surface area contributed by atoms with E-state index in [-0.39, 0.29) is 0 Å². The monoisotopic (exact) mass is 327 g/mol. The van der Waals surface area contributed by atoms with Crippen molar-refractivity contribution in [2.75, 3.05) is 0 Å². The van der Waals surface area contributed by atoms with Crippen LogP contribution in [0.15, 0.2) is 44.1 Å². The maximum atomic E-state index is 5.20. The zero-order chi connectivity index (χ0) is 10.8. The summed E-state index contributed by atoms with van der Waals surface area (Å²) in [6.45, 7) is 3.88. The molecule has 0 unspecified atom stereocenters. The molecule has 0 aliphatic heterocycles. The molecular weight excluding hydrogens is 320 g/mol. The second-order valence-corrected chi connectivity index (χ2v) is 4.95. The van der Waals surface area contributed by atoms with Gasteiger partial charge in [0, 0.05) is 14.5 Å². The van der Waals surface area contributed by atoms with E-state index in [0.29, 0.717) is 0 Å². The third kappa shape index (κ3) is 2.18. The lowest BCUT2D eigenvalue weighted by Crippen LogP contribution is -1.83. The average molecular weight is 329 g/mol. The molecule has 1 radical (unpaired) electrons. The van der Waals surface area contributed by atoms with E-state index in [9.17, 15) is 0 Å². The van der Waals surface area contributed by atoms with Crippen LogP contribution in [0, 0.1) is 6.92 Å². The Kier molecular flexibility index (Phi) is 3.32. The highest BCUT2D eigenvalue weighted by Crippen LogP contribution is 2.33. The van der Waals surface area contributed by atoms with E-state index in [1.807, 2.05) is 12.1 Å². The fraction of sp³-hybridized carbons (Fsp3) is 0.0833. The molecule has 0 saturated carbocycles. The molecule has 15 heavy (non-hydrogen) atoms. The van der Waals surface area contributed by atoms with Gasteiger partial charge in [0.05, 0.1) is 12.5 Å². The lowest BCUT2D eigenvalue weighted by Gasteiger charge is -2.04. The third-order valence-corrected chi connectivity index (χ3v) is 3.38. The fourth-order valence-corrected chi connectivity index (χ4v) is 2.72. The van der Waals surface area contributed by atoms with Gasteiger partial charge in [-0.3, -0.25) is 0 Å². The molecule has 0 aliphatic rings. The molecule has 1 aromatic carbocycles. The van der Waals surface area contributed by atoms with Crippen LogP contribution in [0.25, 0.3) is 11.1 Å². The first-order chi connectivity index (χ1) is 7.22. The largest absolute Gasteiger partial charge is 0.472 e. The Morgan fingerprint density at radius 1 is 1.13 bits per heavy atom. The summed E-state index contributed by atoms with van der Waals surface area (Å²) in [5.74, 6) is 0. The number of benzene rings is 1. The molecule has 1 heterocycles. The van der Waals surface area contributed by atoms with Crippen molar-refractivity contribution in [3.8, 4) is 11.1 Å². The van der Waals surface area contributed by atoms with Crippen molar-refractivity contribution in [3.63, 3.8) is 0 Å². The van der Waals surface area contributed by atoms with Crippen LogP contribution >= 0.6 is 31.9 Å². The zero-order valence-electron chi connectivity index (χ0n) is 7.97. The maximum Gasteiger partial charge on any atom is 0.0984 e. The predicted molar refractivity (Wildman–Crippen MR) is 68.6 cm³/mol. The molecule has 0 bridgehead atoms. The van der Waals surface area contributed by atoms with Crippen molar-refractivity contribution >= 4 is 31.9 Å². The van der Waals surface area contributed by atoms with Gasteiger partial charge in [0.25, 0.3) is 0 Å². The minimum atomic E-state index is 0.730. The molecule has 2 aromatic rings. The van der Waals surface area contributed by atoms with Crippen molar-refractivity contribution < 1.29 is 4.42 Å². The van der Waals surface area contributed by atoms with E-state index in [0.717, 1.165) is 32.1 Å². The van der Waals surface area contributed by atoms with Crippen LogP contribution in [-0.2, 0) is 6.42 Å². The first-order valence-corrected chi connectivity index (χ1v) is 6.10. The highest BCUT2D eigenvalue weighted by atomic mass is 79.9. The highest BCUT2D eigenvalue weighted by Gasteiger charge is 2.09. The standard InChI is InChI=1S/C12H9Br2O/c1-2-8-6-15-7-11(8)10-4-3-9(13)5-12(10)14/h3-7H,1-2H2. The topological polar surface area (TPSA) is 13.1 Å². The molecule has 2 rings (SSSR count). The van der Waals surface area contributed by atoms with Crippen LogP contribution in [0.1, 0.15) is 5.56 Å². The third-order valence-electron chi connectivity index (χ3n) is 2.23. The van der Waals surface area contributed by atoms with Crippen molar-refractivity contribution in [2.45, 2.75) is 6.42 Å². The van der Waals surface area contributed by atoms with E-state index in [2.05, 4.69) is 44.8 Å². The van der Waals surface area contributed by atoms with Gasteiger partial charge in [0.2, 0.25) is 0 Å². The van der Waals surface area contributed by atoms with E-state index < -0.39 is 0 Å². The molecule has 0 aliphatic carbocycles. The SMILES string of the molecule is [CH2]Cc1cocc1-c1ccc(Br)cc1Br. The predicted octanol–water partition coefficient (Wildman–Crippen LogP) is 4.85. The molecule has 1 aromatic heterocycles. The molecule has 0 atom stereocenters. The lowest BCUT2D eigenvalue weighted by molar-refractivity contribution is 0.565. The van der Waals surface area contributed by atoms with Gasteiger partial charge in [-0.15, -0.1) is 0 Å². The summed E-state index contributed by atoms with van der Waals surface area (Å²) < 4.78 is 7.31. The maximum absolute atomic E-state index is 5.20. The second kappa shape index (κ2) is 4.54. The van der Waals surface area contributed by atoms with Crippen LogP contribution in [-0.4, -0.2) is 0 Å². The Morgan fingerprint density at radius 3 is 2.60 bits per heavy atom. The number of furan rings is 1. The van der Waals surface area contributed by atoms with Crippen molar-refractivity contribution in [1.82, 2.24) is 0 Å². The summed E-state index contributed by atoms with van der Waals surface area (Å²) in [6.07, 6.45) is 4.24.